The number of halogens is 3. The van der Waals surface area contributed by atoms with Crippen molar-refractivity contribution >= 4 is 11.9 Å². The van der Waals surface area contributed by atoms with E-state index in [2.05, 4.69) is 0 Å². The molecule has 2 aromatic rings. The van der Waals surface area contributed by atoms with Crippen LogP contribution < -0.4 is 0 Å². The van der Waals surface area contributed by atoms with E-state index in [0.29, 0.717) is 0 Å². The fourth-order valence-electron chi connectivity index (χ4n) is 2.40. The normalized spacial score (nSPS) is 11.6. The first kappa shape index (κ1) is 22.2. The zero-order valence-electron chi connectivity index (χ0n) is 15.6. The molecule has 0 aliphatic carbocycles. The lowest BCUT2D eigenvalue weighted by Gasteiger charge is -2.14. The van der Waals surface area contributed by atoms with Crippen LogP contribution in [0.15, 0.2) is 72.8 Å². The van der Waals surface area contributed by atoms with Crippen molar-refractivity contribution in [1.82, 2.24) is 0 Å². The highest BCUT2D eigenvalue weighted by molar-refractivity contribution is 5.95. The van der Waals surface area contributed by atoms with Crippen LogP contribution in [0.4, 0.5) is 13.2 Å². The quantitative estimate of drug-likeness (QED) is 0.335. The molecular weight excluding hydrogens is 385 g/mol. The van der Waals surface area contributed by atoms with Gasteiger partial charge in [-0.1, -0.05) is 72.8 Å². The van der Waals surface area contributed by atoms with Crippen molar-refractivity contribution in [3.05, 3.63) is 83.9 Å². The van der Waals surface area contributed by atoms with Gasteiger partial charge in [0.15, 0.2) is 5.92 Å². The molecule has 0 saturated heterocycles. The van der Waals surface area contributed by atoms with Crippen LogP contribution in [0.1, 0.15) is 24.0 Å². The number of allylic oxidation sites excluding steroid dienone is 2. The van der Waals surface area contributed by atoms with Gasteiger partial charge in [-0.3, -0.25) is 9.59 Å². The molecule has 0 aliphatic heterocycles. The van der Waals surface area contributed by atoms with E-state index in [1.54, 1.807) is 60.7 Å². The Balaban J connectivity index is 1.98. The number of hydrogen-bond donors (Lipinski definition) is 0. The standard InChI is InChI=1S/C22H21F3O4/c23-22(24,25)14-8-7-13-19(20(26)28-15-17-9-3-1-4-10-17)21(27)29-16-18-11-5-2-6-12-18/h1-12,19H,13-16H2/b8-7+. The summed E-state index contributed by atoms with van der Waals surface area (Å²) in [5.41, 5.74) is 1.45. The first-order valence-electron chi connectivity index (χ1n) is 8.98. The second kappa shape index (κ2) is 11.0. The third-order valence-electron chi connectivity index (χ3n) is 3.90. The molecule has 0 bridgehead atoms. The maximum Gasteiger partial charge on any atom is 0.392 e. The summed E-state index contributed by atoms with van der Waals surface area (Å²) in [7, 11) is 0. The van der Waals surface area contributed by atoms with Gasteiger partial charge in [-0.25, -0.2) is 0 Å². The molecule has 0 aromatic heterocycles. The minimum Gasteiger partial charge on any atom is -0.460 e. The van der Waals surface area contributed by atoms with Gasteiger partial charge in [0.1, 0.15) is 13.2 Å². The van der Waals surface area contributed by atoms with Crippen molar-refractivity contribution in [2.24, 2.45) is 5.92 Å². The Morgan fingerprint density at radius 1 is 0.793 bits per heavy atom. The van der Waals surface area contributed by atoms with E-state index in [1.165, 1.54) is 0 Å². The maximum atomic E-state index is 12.4. The molecule has 0 radical (unpaired) electrons. The SMILES string of the molecule is O=C(OCc1ccccc1)C(C/C=C/CC(F)(F)F)C(=O)OCc1ccccc1. The highest BCUT2D eigenvalue weighted by atomic mass is 19.4. The monoisotopic (exact) mass is 406 g/mol. The van der Waals surface area contributed by atoms with Gasteiger partial charge in [0.05, 0.1) is 6.42 Å². The summed E-state index contributed by atoms with van der Waals surface area (Å²) in [6, 6.07) is 17.7. The summed E-state index contributed by atoms with van der Waals surface area (Å²) in [5.74, 6) is -3.03. The Hall–Kier alpha value is -3.09. The Kier molecular flexibility index (Phi) is 8.45. The van der Waals surface area contributed by atoms with E-state index in [9.17, 15) is 22.8 Å². The molecule has 2 aromatic carbocycles. The minimum absolute atomic E-state index is 0.0472. The van der Waals surface area contributed by atoms with Gasteiger partial charge in [0.2, 0.25) is 0 Å². The van der Waals surface area contributed by atoms with Crippen LogP contribution in [0, 0.1) is 5.92 Å². The number of rotatable bonds is 9. The molecule has 0 aliphatic rings. The summed E-state index contributed by atoms with van der Waals surface area (Å²) >= 11 is 0. The summed E-state index contributed by atoms with van der Waals surface area (Å²) in [5, 5.41) is 0. The van der Waals surface area contributed by atoms with E-state index in [-0.39, 0.29) is 19.6 Å². The molecule has 0 atom stereocenters. The second-order valence-electron chi connectivity index (χ2n) is 6.27. The average Bonchev–Trinajstić information content (AvgIpc) is 2.71. The lowest BCUT2D eigenvalue weighted by Crippen LogP contribution is -2.27. The summed E-state index contributed by atoms with van der Waals surface area (Å²) in [6.07, 6.45) is -3.71. The van der Waals surface area contributed by atoms with E-state index in [0.717, 1.165) is 23.3 Å². The lowest BCUT2D eigenvalue weighted by atomic mass is 10.1. The largest absolute Gasteiger partial charge is 0.460 e. The topological polar surface area (TPSA) is 52.6 Å². The predicted octanol–water partition coefficient (Wildman–Crippen LogP) is 4.99. The second-order valence-corrected chi connectivity index (χ2v) is 6.27. The van der Waals surface area contributed by atoms with Crippen LogP contribution in [-0.4, -0.2) is 18.1 Å². The maximum absolute atomic E-state index is 12.4. The minimum atomic E-state index is -4.35. The molecule has 0 amide bonds. The number of carbonyl (C=O) groups is 2. The fraction of sp³-hybridized carbons (Fsp3) is 0.273. The van der Waals surface area contributed by atoms with Gasteiger partial charge in [-0.05, 0) is 17.5 Å². The van der Waals surface area contributed by atoms with Crippen LogP contribution >= 0.6 is 0 Å². The Morgan fingerprint density at radius 2 is 1.24 bits per heavy atom. The average molecular weight is 406 g/mol. The van der Waals surface area contributed by atoms with Crippen molar-refractivity contribution in [3.63, 3.8) is 0 Å². The molecule has 0 spiro atoms. The van der Waals surface area contributed by atoms with Crippen molar-refractivity contribution < 1.29 is 32.2 Å². The summed E-state index contributed by atoms with van der Waals surface area (Å²) in [4.78, 5) is 24.8. The first-order valence-corrected chi connectivity index (χ1v) is 8.98. The fourth-order valence-corrected chi connectivity index (χ4v) is 2.40. The molecule has 2 rings (SSSR count). The van der Waals surface area contributed by atoms with Gasteiger partial charge >= 0.3 is 18.1 Å². The third-order valence-corrected chi connectivity index (χ3v) is 3.90. The summed E-state index contributed by atoms with van der Waals surface area (Å²) in [6.45, 7) is -0.0944. The van der Waals surface area contributed by atoms with Gasteiger partial charge < -0.3 is 9.47 Å². The lowest BCUT2D eigenvalue weighted by molar-refractivity contribution is -0.163. The summed E-state index contributed by atoms with van der Waals surface area (Å²) < 4.78 is 47.2. The molecule has 0 saturated carbocycles. The van der Waals surface area contributed by atoms with Crippen molar-refractivity contribution in [2.75, 3.05) is 0 Å². The van der Waals surface area contributed by atoms with Crippen LogP contribution in [0.25, 0.3) is 0 Å². The Bertz CT molecular complexity index is 746. The number of esters is 2. The van der Waals surface area contributed by atoms with Gasteiger partial charge in [-0.2, -0.15) is 13.2 Å². The van der Waals surface area contributed by atoms with Crippen LogP contribution in [0.3, 0.4) is 0 Å². The number of hydrogen-bond acceptors (Lipinski definition) is 4. The van der Waals surface area contributed by atoms with Gasteiger partial charge in [0, 0.05) is 0 Å². The zero-order chi connectivity index (χ0) is 21.1. The molecule has 7 heteroatoms. The van der Waals surface area contributed by atoms with Gasteiger partial charge in [0.25, 0.3) is 0 Å². The number of alkyl halides is 3. The van der Waals surface area contributed by atoms with Gasteiger partial charge in [-0.15, -0.1) is 0 Å². The van der Waals surface area contributed by atoms with Crippen LogP contribution in [0.5, 0.6) is 0 Å². The Labute approximate surface area is 166 Å². The van der Waals surface area contributed by atoms with E-state index >= 15 is 0 Å². The number of ether oxygens (including phenoxy) is 2. The molecule has 154 valence electrons. The smallest absolute Gasteiger partial charge is 0.392 e. The molecule has 0 heterocycles. The highest BCUT2D eigenvalue weighted by Gasteiger charge is 2.29. The number of carbonyl (C=O) groups excluding carboxylic acids is 2. The van der Waals surface area contributed by atoms with Crippen LogP contribution in [-0.2, 0) is 32.3 Å². The van der Waals surface area contributed by atoms with E-state index < -0.39 is 30.5 Å². The molecule has 0 fully saturated rings. The molecule has 29 heavy (non-hydrogen) atoms. The molecule has 4 nitrogen and oxygen atoms in total. The predicted molar refractivity (Wildman–Crippen MR) is 100 cm³/mol. The molecule has 0 N–H and O–H groups in total. The van der Waals surface area contributed by atoms with Crippen molar-refractivity contribution in [3.8, 4) is 0 Å². The van der Waals surface area contributed by atoms with E-state index in [4.69, 9.17) is 9.47 Å². The zero-order valence-corrected chi connectivity index (χ0v) is 15.6. The highest BCUT2D eigenvalue weighted by Crippen LogP contribution is 2.21. The van der Waals surface area contributed by atoms with Crippen molar-refractivity contribution in [1.29, 1.82) is 0 Å². The first-order chi connectivity index (χ1) is 13.8. The molecular formula is C22H21F3O4. The molecule has 0 unspecified atom stereocenters. The third kappa shape index (κ3) is 8.64. The van der Waals surface area contributed by atoms with Crippen molar-refractivity contribution in [2.45, 2.75) is 32.2 Å². The number of benzene rings is 2. The van der Waals surface area contributed by atoms with E-state index in [1.807, 2.05) is 0 Å². The Morgan fingerprint density at radius 3 is 1.66 bits per heavy atom. The van der Waals surface area contributed by atoms with Crippen LogP contribution in [0.2, 0.25) is 0 Å².